The molecule has 5 aliphatic rings. The van der Waals surface area contributed by atoms with E-state index in [-0.39, 0.29) is 47.0 Å². The second-order valence-corrected chi connectivity index (χ2v) is 18.2. The average molecular weight is 884 g/mol. The summed E-state index contributed by atoms with van der Waals surface area (Å²) in [5.41, 5.74) is 0.102. The number of aliphatic imine (C=N–C) groups is 1. The molecule has 17 heteroatoms. The van der Waals surface area contributed by atoms with Crippen LogP contribution in [0.5, 0.6) is 17.2 Å². The fraction of sp³-hybridized carbons (Fsp3) is 0.468. The molecule has 2 fully saturated rings. The third-order valence-electron chi connectivity index (χ3n) is 14.0. The van der Waals surface area contributed by atoms with E-state index in [1.165, 1.54) is 36.4 Å². The summed E-state index contributed by atoms with van der Waals surface area (Å²) in [5.74, 6) is 0.609. The largest absolute Gasteiger partial charge is 0.508 e. The Hall–Kier alpha value is -5.21. The third kappa shape index (κ3) is 7.88. The maximum absolute atomic E-state index is 13.7. The fourth-order valence-corrected chi connectivity index (χ4v) is 10.7. The molecule has 3 aromatic carbocycles. The molecule has 10 unspecified atom stereocenters. The summed E-state index contributed by atoms with van der Waals surface area (Å²) >= 11 is 0. The third-order valence-corrected chi connectivity index (χ3v) is 14.0. The molecule has 17 nitrogen and oxygen atoms in total. The second-order valence-electron chi connectivity index (χ2n) is 18.2. The van der Waals surface area contributed by atoms with Crippen LogP contribution < -0.4 is 25.7 Å². The molecular weight excluding hydrogens is 829 g/mol. The Labute approximate surface area is 367 Å². The molecule has 9 rings (SSSR count). The number of fused-ring (bicyclic) bond motifs is 4. The van der Waals surface area contributed by atoms with E-state index >= 15 is 0 Å². The minimum Gasteiger partial charge on any atom is -0.508 e. The molecule has 4 aliphatic heterocycles. The standard InChI is InChI=1S/C47H54N4O13/c1-24-11-37(55)34-12-28-13-39(64-61-23-46(60,45(59)42(58)38(56)22-52)16-26-4-8-36(54)32-7-6-31(53)15-33(26)32)47(17-25(3-5-30(47)19-48-2)29-14-40(57)50-18-29)63-43(28)41(44(34)62-24)51-20-27-9-10-49-35(27)21-51/h4,6-12,15,21,25,29-30,38-39,42,45,48,52-54,56,58-60H,3,5,13-14,16-20,22-23H2,1-2H3,(H,50,57)/p+1. The van der Waals surface area contributed by atoms with Gasteiger partial charge in [0.15, 0.2) is 11.2 Å². The van der Waals surface area contributed by atoms with E-state index in [1.807, 2.05) is 19.3 Å². The van der Waals surface area contributed by atoms with Crippen LogP contribution in [0.15, 0.2) is 80.2 Å². The first-order valence-electron chi connectivity index (χ1n) is 21.8. The minimum atomic E-state index is -2.41. The zero-order valence-corrected chi connectivity index (χ0v) is 35.6. The van der Waals surface area contributed by atoms with Crippen molar-refractivity contribution in [3.63, 3.8) is 0 Å². The number of allylic oxidation sites excluding steroid dienone is 1. The summed E-state index contributed by atoms with van der Waals surface area (Å²) in [4.78, 5) is 44.3. The summed E-state index contributed by atoms with van der Waals surface area (Å²) in [6.45, 7) is 1.59. The van der Waals surface area contributed by atoms with Crippen LogP contribution in [0.3, 0.4) is 0 Å². The zero-order chi connectivity index (χ0) is 45.1. The van der Waals surface area contributed by atoms with Crippen LogP contribution in [0, 0.1) is 24.7 Å². The van der Waals surface area contributed by atoms with E-state index in [0.29, 0.717) is 89.0 Å². The van der Waals surface area contributed by atoms with Crippen molar-refractivity contribution in [3.8, 4) is 17.2 Å². The molecule has 1 aliphatic carbocycles. The first kappa shape index (κ1) is 44.0. The van der Waals surface area contributed by atoms with Crippen molar-refractivity contribution in [1.29, 1.82) is 0 Å². The number of ether oxygens (including phenoxy) is 1. The molecule has 1 spiro atoms. The van der Waals surface area contributed by atoms with Gasteiger partial charge in [-0.2, -0.15) is 0 Å². The molecular formula is C47H55N4O13+. The maximum Gasteiger partial charge on any atom is 0.222 e. The van der Waals surface area contributed by atoms with Gasteiger partial charge in [0.1, 0.15) is 77.9 Å². The number of phenolic OH excluding ortho intramolecular Hbond substituents is 2. The van der Waals surface area contributed by atoms with Gasteiger partial charge in [-0.3, -0.25) is 19.5 Å². The molecule has 4 aromatic rings. The maximum atomic E-state index is 13.7. The number of hydrogen-bond acceptors (Lipinski definition) is 15. The first-order chi connectivity index (χ1) is 30.7. The summed E-state index contributed by atoms with van der Waals surface area (Å²) in [7, 11) is 1.85. The van der Waals surface area contributed by atoms with Crippen LogP contribution in [-0.2, 0) is 27.4 Å². The van der Waals surface area contributed by atoms with Crippen molar-refractivity contribution in [2.75, 3.05) is 39.9 Å². The normalized spacial score (nSPS) is 27.4. The van der Waals surface area contributed by atoms with Gasteiger partial charge in [-0.15, -0.1) is 0 Å². The van der Waals surface area contributed by atoms with E-state index in [1.54, 1.807) is 19.2 Å². The lowest BCUT2D eigenvalue weighted by atomic mass is 9.63. The lowest BCUT2D eigenvalue weighted by molar-refractivity contribution is -0.763. The second kappa shape index (κ2) is 17.3. The molecule has 5 heterocycles. The van der Waals surface area contributed by atoms with Crippen molar-refractivity contribution < 1.29 is 64.4 Å². The van der Waals surface area contributed by atoms with E-state index in [4.69, 9.17) is 18.9 Å². The molecule has 1 amide bonds. The number of nitrogens with zero attached hydrogens (tertiary/aromatic N) is 1. The van der Waals surface area contributed by atoms with Gasteiger partial charge >= 0.3 is 0 Å². The summed E-state index contributed by atoms with van der Waals surface area (Å²) in [6.07, 6.45) is 0.866. The van der Waals surface area contributed by atoms with Gasteiger partial charge in [-0.05, 0) is 92.4 Å². The molecule has 0 bridgehead atoms. The number of carbonyl (C=O) groups excluding carboxylic acids is 1. The van der Waals surface area contributed by atoms with E-state index < -0.39 is 55.3 Å². The number of rotatable bonds is 14. The summed E-state index contributed by atoms with van der Waals surface area (Å²) < 4.78 is 13.9. The van der Waals surface area contributed by atoms with Crippen LogP contribution in [0.25, 0.3) is 21.7 Å². The molecule has 64 heavy (non-hydrogen) atoms. The zero-order valence-electron chi connectivity index (χ0n) is 35.6. The number of amides is 1. The summed E-state index contributed by atoms with van der Waals surface area (Å²) in [5, 5.41) is 83.5. The fourth-order valence-electron chi connectivity index (χ4n) is 10.7. The van der Waals surface area contributed by atoms with Crippen molar-refractivity contribution >= 4 is 39.6 Å². The van der Waals surface area contributed by atoms with Gasteiger partial charge in [-0.1, -0.05) is 6.07 Å². The molecule has 10 N–H and O–H groups in total. The van der Waals surface area contributed by atoms with Crippen LogP contribution in [0.4, 0.5) is 5.69 Å². The average Bonchev–Trinajstić information content (AvgIpc) is 4.02. The highest BCUT2D eigenvalue weighted by molar-refractivity contribution is 5.92. The van der Waals surface area contributed by atoms with Crippen molar-refractivity contribution in [2.24, 2.45) is 22.7 Å². The molecule has 1 saturated carbocycles. The highest BCUT2D eigenvalue weighted by atomic mass is 17.2. The van der Waals surface area contributed by atoms with E-state index in [9.17, 15) is 45.3 Å². The topological polar surface area (TPSA) is 257 Å². The smallest absolute Gasteiger partial charge is 0.222 e. The summed E-state index contributed by atoms with van der Waals surface area (Å²) in [6, 6.07) is 10.4. The predicted octanol–water partition coefficient (Wildman–Crippen LogP) is 0.859. The first-order valence-corrected chi connectivity index (χ1v) is 21.8. The Bertz CT molecular complexity index is 2630. The highest BCUT2D eigenvalue weighted by Crippen LogP contribution is 2.53. The van der Waals surface area contributed by atoms with Crippen molar-refractivity contribution in [2.45, 2.75) is 81.1 Å². The van der Waals surface area contributed by atoms with E-state index in [2.05, 4.69) is 15.6 Å². The number of aliphatic hydroxyl groups excluding tert-OH is 4. The quantitative estimate of drug-likeness (QED) is 0.0623. The van der Waals surface area contributed by atoms with Crippen LogP contribution in [-0.4, -0.2) is 123 Å². The van der Waals surface area contributed by atoms with Gasteiger partial charge in [0, 0.05) is 67.1 Å². The Morgan fingerprint density at radius 1 is 1.05 bits per heavy atom. The minimum absolute atomic E-state index is 0.0160. The number of quaternary nitrogens is 1. The van der Waals surface area contributed by atoms with Gasteiger partial charge in [-0.25, -0.2) is 9.78 Å². The Morgan fingerprint density at radius 3 is 2.62 bits per heavy atom. The number of carbonyl (C=O) groups is 1. The number of aliphatic hydroxyl groups is 5. The lowest BCUT2D eigenvalue weighted by Gasteiger charge is -2.53. The molecule has 1 aromatic heterocycles. The van der Waals surface area contributed by atoms with Gasteiger partial charge in [0.25, 0.3) is 0 Å². The lowest BCUT2D eigenvalue weighted by Crippen LogP contribution is -3.01. The van der Waals surface area contributed by atoms with E-state index in [0.717, 1.165) is 22.6 Å². The number of benzene rings is 3. The van der Waals surface area contributed by atoms with Gasteiger partial charge in [0.2, 0.25) is 17.2 Å². The number of phenols is 2. The molecule has 340 valence electrons. The predicted molar refractivity (Wildman–Crippen MR) is 232 cm³/mol. The van der Waals surface area contributed by atoms with Gasteiger partial charge in [0.05, 0.1) is 12.0 Å². The van der Waals surface area contributed by atoms with Crippen LogP contribution in [0.2, 0.25) is 0 Å². The number of aromatic hydroxyl groups is 2. The molecule has 1 saturated heterocycles. The SMILES string of the molecule is CNCC1CCC(C2CNC(=O)C2)CC12Oc1c(cc3c(=O)cc(C)oc3c1[NH+]1C=C3N=CC=C3C1)CC2OOCC(O)(Cc1ccc(O)c2ccc(O)cc12)C(O)C(O)C(O)CO. The number of hydrogen-bond donors (Lipinski definition) is 10. The highest BCUT2D eigenvalue weighted by Gasteiger charge is 2.58. The Morgan fingerprint density at radius 2 is 1.88 bits per heavy atom. The van der Waals surface area contributed by atoms with Gasteiger partial charge < -0.3 is 55.5 Å². The molecule has 0 radical (unpaired) electrons. The number of aryl methyl sites for hydroxylation is 1. The number of nitrogens with one attached hydrogen (secondary N) is 3. The Balaban J connectivity index is 1.13. The monoisotopic (exact) mass is 883 g/mol. The van der Waals surface area contributed by atoms with Crippen molar-refractivity contribution in [3.05, 3.63) is 93.1 Å². The molecule has 10 atom stereocenters. The Kier molecular flexibility index (Phi) is 11.9. The van der Waals surface area contributed by atoms with Crippen LogP contribution in [0.1, 0.15) is 42.6 Å². The van der Waals surface area contributed by atoms with Crippen molar-refractivity contribution in [1.82, 2.24) is 10.6 Å². The van der Waals surface area contributed by atoms with Crippen LogP contribution >= 0.6 is 0 Å².